The molecule has 1 heterocycles. The fourth-order valence-corrected chi connectivity index (χ4v) is 1.71. The van der Waals surface area contributed by atoms with E-state index in [1.54, 1.807) is 11.6 Å². The van der Waals surface area contributed by atoms with Crippen molar-refractivity contribution >= 4 is 5.78 Å². The number of hydrogen-bond acceptors (Lipinski definition) is 2. The summed E-state index contributed by atoms with van der Waals surface area (Å²) in [6.45, 7) is 4.13. The Morgan fingerprint density at radius 1 is 1.31 bits per heavy atom. The number of nitrogens with zero attached hydrogens (tertiary/aromatic N) is 2. The number of Topliss-reactive ketones (excluding diaryl/α,β-unsaturated/α-hetero) is 1. The molecule has 1 aromatic carbocycles. The first-order valence-electron chi connectivity index (χ1n) is 5.26. The van der Waals surface area contributed by atoms with Crippen LogP contribution in [0, 0.1) is 6.92 Å². The van der Waals surface area contributed by atoms with Crippen LogP contribution < -0.4 is 0 Å². The van der Waals surface area contributed by atoms with Gasteiger partial charge >= 0.3 is 0 Å². The predicted molar refractivity (Wildman–Crippen MR) is 62.5 cm³/mol. The van der Waals surface area contributed by atoms with E-state index in [2.05, 4.69) is 5.10 Å². The molecule has 0 bridgehead atoms. The molecule has 3 heteroatoms. The second kappa shape index (κ2) is 4.31. The van der Waals surface area contributed by atoms with Crippen LogP contribution in [0.2, 0.25) is 0 Å². The molecule has 0 atom stereocenters. The number of carbonyl (C=O) groups is 1. The zero-order valence-electron chi connectivity index (χ0n) is 9.47. The Morgan fingerprint density at radius 2 is 2.00 bits per heavy atom. The van der Waals surface area contributed by atoms with Crippen molar-refractivity contribution in [1.82, 2.24) is 9.78 Å². The van der Waals surface area contributed by atoms with Gasteiger partial charge in [-0.3, -0.25) is 9.48 Å². The van der Waals surface area contributed by atoms with Crippen molar-refractivity contribution in [3.05, 3.63) is 53.3 Å². The molecule has 0 radical (unpaired) electrons. The highest BCUT2D eigenvalue weighted by atomic mass is 16.1. The lowest BCUT2D eigenvalue weighted by atomic mass is 10.2. The summed E-state index contributed by atoms with van der Waals surface area (Å²) in [5.74, 6) is 0.0665. The molecule has 0 amide bonds. The van der Waals surface area contributed by atoms with Gasteiger partial charge in [-0.15, -0.1) is 0 Å². The summed E-state index contributed by atoms with van der Waals surface area (Å²) in [6, 6.07) is 10.1. The smallest absolute Gasteiger partial charge is 0.163 e. The Morgan fingerprint density at radius 3 is 2.56 bits per heavy atom. The number of carbonyl (C=O) groups excluding carboxylic acids is 1. The van der Waals surface area contributed by atoms with Crippen LogP contribution >= 0.6 is 0 Å². The molecule has 0 unspecified atom stereocenters. The summed E-state index contributed by atoms with van der Waals surface area (Å²) in [7, 11) is 0. The fraction of sp³-hybridized carbons (Fsp3) is 0.231. The highest BCUT2D eigenvalue weighted by molar-refractivity contribution is 5.94. The van der Waals surface area contributed by atoms with Gasteiger partial charge in [-0.05, 0) is 19.4 Å². The summed E-state index contributed by atoms with van der Waals surface area (Å²) in [5.41, 5.74) is 2.68. The zero-order valence-corrected chi connectivity index (χ0v) is 9.47. The standard InChI is InChI=1S/C13H14N2O/c1-10-13(11(2)16)9-15(14-10)8-12-6-4-3-5-7-12/h3-7,9H,8H2,1-2H3. The maximum absolute atomic E-state index is 11.3. The molecular formula is C13H14N2O. The van der Waals surface area contributed by atoms with Crippen molar-refractivity contribution in [1.29, 1.82) is 0 Å². The van der Waals surface area contributed by atoms with Gasteiger partial charge in [0.25, 0.3) is 0 Å². The van der Waals surface area contributed by atoms with Crippen LogP contribution in [0.5, 0.6) is 0 Å². The third-order valence-electron chi connectivity index (χ3n) is 2.51. The highest BCUT2D eigenvalue weighted by Gasteiger charge is 2.08. The van der Waals surface area contributed by atoms with Gasteiger partial charge in [0, 0.05) is 6.20 Å². The summed E-state index contributed by atoms with van der Waals surface area (Å²) in [5, 5.41) is 4.32. The van der Waals surface area contributed by atoms with Crippen LogP contribution in [0.1, 0.15) is 28.5 Å². The molecule has 0 fully saturated rings. The van der Waals surface area contributed by atoms with E-state index in [0.717, 1.165) is 5.69 Å². The largest absolute Gasteiger partial charge is 0.294 e. The molecule has 0 aliphatic rings. The minimum absolute atomic E-state index is 0.0665. The van der Waals surface area contributed by atoms with Crippen molar-refractivity contribution in [3.63, 3.8) is 0 Å². The minimum atomic E-state index is 0.0665. The Bertz CT molecular complexity index is 500. The van der Waals surface area contributed by atoms with Crippen molar-refractivity contribution in [2.45, 2.75) is 20.4 Å². The molecule has 0 N–H and O–H groups in total. The lowest BCUT2D eigenvalue weighted by Gasteiger charge is -2.00. The lowest BCUT2D eigenvalue weighted by Crippen LogP contribution is -1.99. The van der Waals surface area contributed by atoms with E-state index in [0.29, 0.717) is 12.1 Å². The molecular weight excluding hydrogens is 200 g/mol. The van der Waals surface area contributed by atoms with Crippen LogP contribution in [0.3, 0.4) is 0 Å². The topological polar surface area (TPSA) is 34.9 Å². The van der Waals surface area contributed by atoms with Gasteiger partial charge < -0.3 is 0 Å². The van der Waals surface area contributed by atoms with Gasteiger partial charge in [0.05, 0.1) is 17.8 Å². The third-order valence-corrected chi connectivity index (χ3v) is 2.51. The molecule has 2 rings (SSSR count). The first kappa shape index (κ1) is 10.6. The maximum atomic E-state index is 11.3. The maximum Gasteiger partial charge on any atom is 0.163 e. The van der Waals surface area contributed by atoms with Crippen molar-refractivity contribution in [2.75, 3.05) is 0 Å². The van der Waals surface area contributed by atoms with Crippen LogP contribution in [0.25, 0.3) is 0 Å². The zero-order chi connectivity index (χ0) is 11.5. The minimum Gasteiger partial charge on any atom is -0.294 e. The van der Waals surface area contributed by atoms with E-state index in [4.69, 9.17) is 0 Å². The number of ketones is 1. The lowest BCUT2D eigenvalue weighted by molar-refractivity contribution is 0.101. The summed E-state index contributed by atoms with van der Waals surface area (Å²) >= 11 is 0. The molecule has 0 aliphatic heterocycles. The third kappa shape index (κ3) is 2.19. The van der Waals surface area contributed by atoms with Crippen LogP contribution in [0.15, 0.2) is 36.5 Å². The molecule has 82 valence electrons. The average Bonchev–Trinajstić information content (AvgIpc) is 2.61. The van der Waals surface area contributed by atoms with Crippen LogP contribution in [-0.2, 0) is 6.54 Å². The normalized spacial score (nSPS) is 10.4. The Labute approximate surface area is 94.7 Å². The van der Waals surface area contributed by atoms with Gasteiger partial charge in [-0.25, -0.2) is 0 Å². The monoisotopic (exact) mass is 214 g/mol. The van der Waals surface area contributed by atoms with E-state index >= 15 is 0 Å². The van der Waals surface area contributed by atoms with E-state index in [1.807, 2.05) is 43.5 Å². The molecule has 16 heavy (non-hydrogen) atoms. The number of aryl methyl sites for hydroxylation is 1. The Kier molecular flexibility index (Phi) is 2.86. The van der Waals surface area contributed by atoms with E-state index in [1.165, 1.54) is 5.56 Å². The van der Waals surface area contributed by atoms with Crippen LogP contribution in [0.4, 0.5) is 0 Å². The molecule has 0 spiro atoms. The summed E-state index contributed by atoms with van der Waals surface area (Å²) in [4.78, 5) is 11.3. The van der Waals surface area contributed by atoms with Gasteiger partial charge in [0.2, 0.25) is 0 Å². The number of hydrogen-bond donors (Lipinski definition) is 0. The molecule has 0 aliphatic carbocycles. The van der Waals surface area contributed by atoms with E-state index in [-0.39, 0.29) is 5.78 Å². The van der Waals surface area contributed by atoms with E-state index < -0.39 is 0 Å². The molecule has 3 nitrogen and oxygen atoms in total. The second-order valence-corrected chi connectivity index (χ2v) is 3.87. The van der Waals surface area contributed by atoms with Crippen molar-refractivity contribution in [3.8, 4) is 0 Å². The SMILES string of the molecule is CC(=O)c1cn(Cc2ccccc2)nc1C. The fourth-order valence-electron chi connectivity index (χ4n) is 1.71. The average molecular weight is 214 g/mol. The van der Waals surface area contributed by atoms with Gasteiger partial charge in [-0.2, -0.15) is 5.10 Å². The second-order valence-electron chi connectivity index (χ2n) is 3.87. The van der Waals surface area contributed by atoms with Crippen molar-refractivity contribution in [2.24, 2.45) is 0 Å². The molecule has 0 saturated heterocycles. The highest BCUT2D eigenvalue weighted by Crippen LogP contribution is 2.08. The summed E-state index contributed by atoms with van der Waals surface area (Å²) < 4.78 is 1.81. The number of benzene rings is 1. The van der Waals surface area contributed by atoms with Crippen LogP contribution in [-0.4, -0.2) is 15.6 Å². The number of rotatable bonds is 3. The molecule has 1 aromatic heterocycles. The van der Waals surface area contributed by atoms with Gasteiger partial charge in [-0.1, -0.05) is 30.3 Å². The number of aromatic nitrogens is 2. The Hall–Kier alpha value is -1.90. The first-order valence-corrected chi connectivity index (χ1v) is 5.26. The van der Waals surface area contributed by atoms with Crippen molar-refractivity contribution < 1.29 is 4.79 Å². The van der Waals surface area contributed by atoms with Gasteiger partial charge in [0.15, 0.2) is 5.78 Å². The van der Waals surface area contributed by atoms with E-state index in [9.17, 15) is 4.79 Å². The predicted octanol–water partition coefficient (Wildman–Crippen LogP) is 2.44. The Balaban J connectivity index is 2.23. The van der Waals surface area contributed by atoms with Gasteiger partial charge in [0.1, 0.15) is 0 Å². The summed E-state index contributed by atoms with van der Waals surface area (Å²) in [6.07, 6.45) is 1.81. The first-order chi connectivity index (χ1) is 7.66. The quantitative estimate of drug-likeness (QED) is 0.735. The molecule has 0 saturated carbocycles. The molecule has 2 aromatic rings.